The maximum Gasteiger partial charge on any atom is 0.164 e. The summed E-state index contributed by atoms with van der Waals surface area (Å²) >= 11 is 0. The van der Waals surface area contributed by atoms with Crippen molar-refractivity contribution in [1.82, 2.24) is 57.3 Å². The maximum atomic E-state index is 5.40. The number of hydrogen-bond donors (Lipinski definition) is 0. The molecule has 0 saturated heterocycles. The molecule has 0 saturated carbocycles. The zero-order chi connectivity index (χ0) is 97.8. The van der Waals surface area contributed by atoms with Gasteiger partial charge < -0.3 is 27.4 Å². The number of para-hydroxylation sites is 4. The lowest BCUT2D eigenvalue weighted by atomic mass is 9.85. The molecule has 12 heteroatoms. The van der Waals surface area contributed by atoms with Crippen LogP contribution in [0.25, 0.3) is 244 Å². The Balaban J connectivity index is 0.534. The Bertz CT molecular complexity index is 9060. The Morgan fingerprint density at radius 3 is 0.507 bits per heavy atom. The quantitative estimate of drug-likeness (QED) is 0.114. The van der Waals surface area contributed by atoms with Gasteiger partial charge >= 0.3 is 0 Å². The van der Waals surface area contributed by atoms with Crippen molar-refractivity contribution in [1.29, 1.82) is 0 Å². The fourth-order valence-electron chi connectivity index (χ4n) is 22.1. The molecule has 0 aliphatic rings. The van der Waals surface area contributed by atoms with Crippen LogP contribution in [0.1, 0.15) is 116 Å². The predicted octanol–water partition coefficient (Wildman–Crippen LogP) is 34.1. The van der Waals surface area contributed by atoms with E-state index in [2.05, 4.69) is 513 Å². The summed E-state index contributed by atoms with van der Waals surface area (Å²) in [6.45, 7) is 31.8. The maximum absolute atomic E-state index is 5.40. The van der Waals surface area contributed by atoms with Gasteiger partial charge in [0.25, 0.3) is 0 Å². The minimum atomic E-state index is -0.0151. The molecule has 0 atom stereocenters. The third-order valence-corrected chi connectivity index (χ3v) is 29.9. The smallest absolute Gasteiger partial charge is 0.164 e. The summed E-state index contributed by atoms with van der Waals surface area (Å²) in [6.07, 6.45) is 0. The summed E-state index contributed by atoms with van der Waals surface area (Å²) < 4.78 is 14.3. The molecule has 0 bridgehead atoms. The van der Waals surface area contributed by atoms with Crippen LogP contribution in [0.5, 0.6) is 0 Å². The first-order chi connectivity index (χ1) is 69.7. The van der Waals surface area contributed by atoms with Gasteiger partial charge in [-0.25, -0.2) is 29.9 Å². The van der Waals surface area contributed by atoms with Crippen molar-refractivity contribution in [3.8, 4) is 114 Å². The van der Waals surface area contributed by atoms with Gasteiger partial charge in [0.05, 0.1) is 66.2 Å². The number of aryl methyl sites for hydroxylation is 2. The summed E-state index contributed by atoms with van der Waals surface area (Å²) in [5, 5.41) is 14.6. The van der Waals surface area contributed by atoms with Crippen LogP contribution in [0.4, 0.5) is 0 Å². The lowest BCUT2D eigenvalue weighted by molar-refractivity contribution is 0.590. The first-order valence-electron chi connectivity index (χ1n) is 50.1. The Labute approximate surface area is 836 Å². The molecular formula is C132H106N12. The van der Waals surface area contributed by atoms with Crippen LogP contribution in [0.3, 0.4) is 0 Å². The fraction of sp³-hybridized carbons (Fsp3) is 0.136. The van der Waals surface area contributed by atoms with E-state index in [0.29, 0.717) is 34.9 Å². The molecule has 0 amide bonds. The van der Waals surface area contributed by atoms with Crippen molar-refractivity contribution in [2.45, 2.75) is 119 Å². The van der Waals surface area contributed by atoms with Crippen LogP contribution in [0, 0.1) is 13.8 Å². The number of benzene rings is 18. The monoisotopic (exact) mass is 1860 g/mol. The highest BCUT2D eigenvalue weighted by Crippen LogP contribution is 2.47. The summed E-state index contributed by atoms with van der Waals surface area (Å²) in [5.74, 6) is 3.49. The molecule has 0 aliphatic heterocycles. The first kappa shape index (κ1) is 87.1. The summed E-state index contributed by atoms with van der Waals surface area (Å²) in [7, 11) is 0. The second kappa shape index (κ2) is 32.7. The minimum absolute atomic E-state index is 0.0151. The van der Waals surface area contributed by atoms with Gasteiger partial charge in [0.1, 0.15) is 0 Å². The number of nitrogens with zero attached hydrogens (tertiary/aromatic N) is 12. The molecule has 0 radical (unpaired) electrons. The predicted molar refractivity (Wildman–Crippen MR) is 602 cm³/mol. The molecule has 18 aromatic carbocycles. The topological polar surface area (TPSA) is 107 Å². The SMILES string of the molecule is Cc1ccc2c(c1)c1ccccc1n2-c1ccc(-c2nc(-c3ccc(-n4c5ccccc5c5cc(-c6ccc7c(c6)c6ccccc6n7-c6ccc(-c7nc(-c8ccc(-n9c%10ccccc%10c%10cc(C)ccc%109)cc8)nc(-c8ccc(-n9c%10ccc(C(C)(C)C)cc%10c%10cc(C(C)(C)C)ccc%109)cc8)n7)cc6)ccc54)cc3)nc(-c3ccc(-n4c5ccc(C(C)(C)C)cc5c5cc(C(C)(C)C)ccc54)cc3)n2)cc1. The Morgan fingerprint density at radius 2 is 0.306 bits per heavy atom. The summed E-state index contributed by atoms with van der Waals surface area (Å²) in [6, 6.07) is 143. The molecule has 0 unspecified atom stereocenters. The molecule has 12 nitrogen and oxygen atoms in total. The highest BCUT2D eigenvalue weighted by molar-refractivity contribution is 6.16. The molecule has 694 valence electrons. The molecule has 0 N–H and O–H groups in total. The van der Waals surface area contributed by atoms with E-state index in [0.717, 1.165) is 134 Å². The van der Waals surface area contributed by atoms with E-state index in [4.69, 9.17) is 29.9 Å². The van der Waals surface area contributed by atoms with E-state index < -0.39 is 0 Å². The highest BCUT2D eigenvalue weighted by atomic mass is 15.1. The Hall–Kier alpha value is -17.2. The summed E-state index contributed by atoms with van der Waals surface area (Å²) in [5.41, 5.74) is 35.2. The van der Waals surface area contributed by atoms with Gasteiger partial charge in [0, 0.05) is 132 Å². The third kappa shape index (κ3) is 14.5. The number of rotatable bonds is 13. The van der Waals surface area contributed by atoms with Crippen LogP contribution in [0.2, 0.25) is 0 Å². The van der Waals surface area contributed by atoms with Crippen LogP contribution < -0.4 is 0 Å². The molecule has 8 aromatic heterocycles. The van der Waals surface area contributed by atoms with E-state index in [1.54, 1.807) is 0 Å². The van der Waals surface area contributed by atoms with Gasteiger partial charge in [-0.2, -0.15) is 0 Å². The Morgan fingerprint density at radius 1 is 0.146 bits per heavy atom. The second-order valence-corrected chi connectivity index (χ2v) is 43.4. The lowest BCUT2D eigenvalue weighted by Crippen LogP contribution is -2.10. The van der Waals surface area contributed by atoms with Gasteiger partial charge in [-0.3, -0.25) is 0 Å². The molecule has 26 aromatic rings. The third-order valence-electron chi connectivity index (χ3n) is 29.9. The first-order valence-corrected chi connectivity index (χ1v) is 50.1. The number of fused-ring (bicyclic) bond motifs is 18. The van der Waals surface area contributed by atoms with Gasteiger partial charge in [-0.1, -0.05) is 216 Å². The van der Waals surface area contributed by atoms with Gasteiger partial charge in [0.15, 0.2) is 34.9 Å². The molecular weight excluding hydrogens is 1750 g/mol. The van der Waals surface area contributed by atoms with E-state index in [1.807, 2.05) is 0 Å². The van der Waals surface area contributed by atoms with Crippen molar-refractivity contribution >= 4 is 131 Å². The van der Waals surface area contributed by atoms with E-state index in [9.17, 15) is 0 Å². The summed E-state index contributed by atoms with van der Waals surface area (Å²) in [4.78, 5) is 32.3. The normalized spacial score (nSPS) is 12.5. The standard InChI is InChI=1S/C132H106N12/c1-79-31-63-115-103(71-79)99-23-15-19-27-111(99)139(115)93-51-33-81(34-52-93)123-133-125(137-127(135-123)85-41-59-97(60-42-85)143-119-67-47-89(129(3,4)5)75-107(119)108-76-90(130(6,7)8)48-68-120(108)143)83-37-55-95(56-38-83)141-113-29-21-17-25-101(113)105-73-87(45-65-117(105)141)88-46-66-118-106(74-88)102-26-18-22-30-114(102)142(118)96-57-39-84(40-58-96)126-134-124(82-35-53-94(54-36-82)140-112-28-20-16-24-100(112)104-72-80(2)32-64-116(104)140)136-128(138-126)86-43-61-98(62-44-86)144-121-69-49-91(131(9,10)11)77-109(121)110-78-92(132(12,13)14)50-70-122(110)144/h15-78H,1-14H3. The lowest BCUT2D eigenvalue weighted by Gasteiger charge is -2.19. The second-order valence-electron chi connectivity index (χ2n) is 43.4. The van der Waals surface area contributed by atoms with Gasteiger partial charge in [0.2, 0.25) is 0 Å². The van der Waals surface area contributed by atoms with Crippen molar-refractivity contribution in [2.24, 2.45) is 0 Å². The molecule has 0 fully saturated rings. The zero-order valence-corrected chi connectivity index (χ0v) is 83.3. The van der Waals surface area contributed by atoms with Crippen molar-refractivity contribution in [3.05, 3.63) is 422 Å². The largest absolute Gasteiger partial charge is 0.309 e. The Kier molecular flexibility index (Phi) is 19.8. The molecule has 0 spiro atoms. The van der Waals surface area contributed by atoms with Crippen molar-refractivity contribution in [2.75, 3.05) is 0 Å². The molecule has 144 heavy (non-hydrogen) atoms. The number of hydrogen-bond acceptors (Lipinski definition) is 6. The number of aromatic nitrogens is 12. The van der Waals surface area contributed by atoms with Crippen LogP contribution >= 0.6 is 0 Å². The van der Waals surface area contributed by atoms with Crippen molar-refractivity contribution in [3.63, 3.8) is 0 Å². The minimum Gasteiger partial charge on any atom is -0.309 e. The van der Waals surface area contributed by atoms with Crippen LogP contribution in [0.15, 0.2) is 388 Å². The average molecular weight is 1860 g/mol. The van der Waals surface area contributed by atoms with Crippen LogP contribution in [-0.2, 0) is 21.7 Å². The van der Waals surface area contributed by atoms with E-state index >= 15 is 0 Å². The van der Waals surface area contributed by atoms with Gasteiger partial charge in [-0.15, -0.1) is 0 Å². The molecule has 0 aliphatic carbocycles. The average Bonchev–Trinajstić information content (AvgIpc) is 1.58. The molecule has 8 heterocycles. The fourth-order valence-corrected chi connectivity index (χ4v) is 22.1. The highest BCUT2D eigenvalue weighted by Gasteiger charge is 2.29. The van der Waals surface area contributed by atoms with E-state index in [1.165, 1.54) is 109 Å². The van der Waals surface area contributed by atoms with E-state index in [-0.39, 0.29) is 21.7 Å². The van der Waals surface area contributed by atoms with Crippen molar-refractivity contribution < 1.29 is 0 Å². The van der Waals surface area contributed by atoms with Gasteiger partial charge in [-0.05, 0) is 336 Å². The van der Waals surface area contributed by atoms with Crippen LogP contribution in [-0.4, -0.2) is 57.3 Å². The molecule has 26 rings (SSSR count). The zero-order valence-electron chi connectivity index (χ0n) is 83.3.